The highest BCUT2D eigenvalue weighted by Crippen LogP contribution is 2.39. The second-order valence-electron chi connectivity index (χ2n) is 9.04. The molecular weight excluding hydrogens is 470 g/mol. The van der Waals surface area contributed by atoms with Crippen molar-refractivity contribution in [1.82, 2.24) is 4.90 Å². The van der Waals surface area contributed by atoms with E-state index in [4.69, 9.17) is 18.9 Å². The van der Waals surface area contributed by atoms with E-state index in [0.717, 1.165) is 38.4 Å². The minimum atomic E-state index is -0.586. The zero-order valence-electron chi connectivity index (χ0n) is 21.2. The molecule has 0 spiro atoms. The molecule has 37 heavy (non-hydrogen) atoms. The third-order valence-corrected chi connectivity index (χ3v) is 6.90. The summed E-state index contributed by atoms with van der Waals surface area (Å²) in [5.74, 6) is 1.49. The number of hydrogen-bond acceptors (Lipinski definition) is 6. The van der Waals surface area contributed by atoms with Gasteiger partial charge in [-0.05, 0) is 69.4 Å². The van der Waals surface area contributed by atoms with Gasteiger partial charge in [0.2, 0.25) is 5.91 Å². The van der Waals surface area contributed by atoms with Crippen molar-refractivity contribution in [2.45, 2.75) is 32.0 Å². The quantitative estimate of drug-likeness (QED) is 0.243. The van der Waals surface area contributed by atoms with Gasteiger partial charge in [-0.15, -0.1) is 0 Å². The molecule has 0 N–H and O–H groups in total. The Kier molecular flexibility index (Phi) is 6.86. The summed E-state index contributed by atoms with van der Waals surface area (Å²) in [6.45, 7) is 0.748. The molecule has 0 saturated carbocycles. The summed E-state index contributed by atoms with van der Waals surface area (Å²) in [5.41, 5.74) is 2.00. The molecule has 4 aromatic rings. The maximum atomic E-state index is 12.7. The fraction of sp³-hybridized carbons (Fsp3) is 0.267. The van der Waals surface area contributed by atoms with Gasteiger partial charge in [0.25, 0.3) is 0 Å². The first kappa shape index (κ1) is 24.4. The lowest BCUT2D eigenvalue weighted by molar-refractivity contribution is -0.149. The van der Waals surface area contributed by atoms with E-state index in [1.54, 1.807) is 19.1 Å². The van der Waals surface area contributed by atoms with E-state index in [1.165, 1.54) is 7.11 Å². The number of hydrogen-bond donors (Lipinski definition) is 0. The van der Waals surface area contributed by atoms with E-state index in [9.17, 15) is 9.59 Å². The van der Waals surface area contributed by atoms with Crippen molar-refractivity contribution in [2.75, 3.05) is 21.3 Å². The van der Waals surface area contributed by atoms with Gasteiger partial charge in [-0.2, -0.15) is 0 Å². The van der Waals surface area contributed by atoms with Gasteiger partial charge >= 0.3 is 5.97 Å². The first-order chi connectivity index (χ1) is 18.0. The highest BCUT2D eigenvalue weighted by atomic mass is 16.5. The molecule has 1 amide bonds. The predicted molar refractivity (Wildman–Crippen MR) is 141 cm³/mol. The van der Waals surface area contributed by atoms with Crippen LogP contribution >= 0.6 is 0 Å². The van der Waals surface area contributed by atoms with Crippen LogP contribution in [0.1, 0.15) is 24.0 Å². The van der Waals surface area contributed by atoms with E-state index in [1.807, 2.05) is 60.7 Å². The molecule has 0 aliphatic carbocycles. The van der Waals surface area contributed by atoms with Crippen LogP contribution in [0.4, 0.5) is 0 Å². The number of rotatable bonds is 8. The summed E-state index contributed by atoms with van der Waals surface area (Å²) < 4.78 is 22.2. The number of fused-ring (bicyclic) bond motifs is 3. The Morgan fingerprint density at radius 3 is 2.32 bits per heavy atom. The zero-order valence-corrected chi connectivity index (χ0v) is 21.2. The number of amides is 1. The molecule has 1 fully saturated rings. The maximum Gasteiger partial charge on any atom is 0.328 e. The van der Waals surface area contributed by atoms with Gasteiger partial charge in [0.05, 0.1) is 21.3 Å². The molecule has 1 saturated heterocycles. The Bertz CT molecular complexity index is 1470. The van der Waals surface area contributed by atoms with Crippen LogP contribution in [0.3, 0.4) is 0 Å². The van der Waals surface area contributed by atoms with Gasteiger partial charge < -0.3 is 23.8 Å². The Morgan fingerprint density at radius 1 is 0.892 bits per heavy atom. The van der Waals surface area contributed by atoms with Gasteiger partial charge in [-0.1, -0.05) is 36.4 Å². The summed E-state index contributed by atoms with van der Waals surface area (Å²) in [7, 11) is 4.55. The molecule has 4 aromatic carbocycles. The topological polar surface area (TPSA) is 74.3 Å². The van der Waals surface area contributed by atoms with Crippen LogP contribution in [-0.4, -0.2) is 44.1 Å². The van der Waals surface area contributed by atoms with E-state index >= 15 is 0 Å². The lowest BCUT2D eigenvalue weighted by atomic mass is 9.96. The number of likely N-dealkylation sites (tertiary alicyclic amines) is 1. The summed E-state index contributed by atoms with van der Waals surface area (Å²) in [6, 6.07) is 21.3. The van der Waals surface area contributed by atoms with Crippen molar-refractivity contribution in [3.8, 4) is 17.2 Å². The van der Waals surface area contributed by atoms with E-state index in [0.29, 0.717) is 30.9 Å². The van der Waals surface area contributed by atoms with Crippen molar-refractivity contribution in [3.05, 3.63) is 77.9 Å². The summed E-state index contributed by atoms with van der Waals surface area (Å²) in [6.07, 6.45) is 0.779. The number of ether oxygens (including phenoxy) is 4. The number of methoxy groups -OCH3 is 3. The predicted octanol–water partition coefficient (Wildman–Crippen LogP) is 5.25. The molecule has 1 unspecified atom stereocenters. The molecule has 1 heterocycles. The molecule has 7 nitrogen and oxygen atoms in total. The standard InChI is InChI=1S/C30H29NO6/c1-34-27-15-24-21(17-31-26(30(33)36-3)11-12-29(31)32)13-20-9-10-22(37-18-19-7-5-4-6-8-19)14-23(20)25(24)16-28(27)35-2/h4-10,13-16,26H,11-12,17-18H2,1-3H3. The van der Waals surface area contributed by atoms with Crippen LogP contribution in [0.5, 0.6) is 17.2 Å². The highest BCUT2D eigenvalue weighted by molar-refractivity contribution is 6.10. The monoisotopic (exact) mass is 499 g/mol. The Morgan fingerprint density at radius 2 is 1.62 bits per heavy atom. The van der Waals surface area contributed by atoms with Crippen molar-refractivity contribution in [3.63, 3.8) is 0 Å². The van der Waals surface area contributed by atoms with E-state index in [2.05, 4.69) is 6.07 Å². The lowest BCUT2D eigenvalue weighted by Gasteiger charge is -2.24. The fourth-order valence-corrected chi connectivity index (χ4v) is 4.99. The number of carbonyl (C=O) groups is 2. The second-order valence-corrected chi connectivity index (χ2v) is 9.04. The molecule has 7 heteroatoms. The van der Waals surface area contributed by atoms with Crippen LogP contribution in [0.2, 0.25) is 0 Å². The fourth-order valence-electron chi connectivity index (χ4n) is 4.99. The summed E-state index contributed by atoms with van der Waals surface area (Å²) in [5, 5.41) is 3.83. The normalized spacial score (nSPS) is 15.3. The van der Waals surface area contributed by atoms with Crippen molar-refractivity contribution < 1.29 is 28.5 Å². The molecule has 190 valence electrons. The first-order valence-electron chi connectivity index (χ1n) is 12.2. The Hall–Kier alpha value is -4.26. The lowest BCUT2D eigenvalue weighted by Crippen LogP contribution is -2.38. The second kappa shape index (κ2) is 10.4. The third kappa shape index (κ3) is 4.77. The van der Waals surface area contributed by atoms with E-state index < -0.39 is 12.0 Å². The van der Waals surface area contributed by atoms with E-state index in [-0.39, 0.29) is 12.5 Å². The molecule has 1 aliphatic rings. The average Bonchev–Trinajstić information content (AvgIpc) is 3.30. The third-order valence-electron chi connectivity index (χ3n) is 6.90. The van der Waals surface area contributed by atoms with Gasteiger partial charge in [0.15, 0.2) is 11.5 Å². The van der Waals surface area contributed by atoms with Gasteiger partial charge in [-0.3, -0.25) is 4.79 Å². The SMILES string of the molecule is COC(=O)C1CCC(=O)N1Cc1cc2ccc(OCc3ccccc3)cc2c2cc(OC)c(OC)cc12. The van der Waals surface area contributed by atoms with Crippen molar-refractivity contribution >= 4 is 33.4 Å². The largest absolute Gasteiger partial charge is 0.493 e. The number of nitrogens with zero attached hydrogens (tertiary/aromatic N) is 1. The molecule has 1 atom stereocenters. The van der Waals surface area contributed by atoms with Gasteiger partial charge in [-0.25, -0.2) is 4.79 Å². The summed E-state index contributed by atoms with van der Waals surface area (Å²) >= 11 is 0. The minimum absolute atomic E-state index is 0.0613. The van der Waals surface area contributed by atoms with Crippen LogP contribution in [0, 0.1) is 0 Å². The average molecular weight is 500 g/mol. The molecule has 1 aliphatic heterocycles. The highest BCUT2D eigenvalue weighted by Gasteiger charge is 2.37. The maximum absolute atomic E-state index is 12.7. The molecular formula is C30H29NO6. The van der Waals surface area contributed by atoms with Crippen LogP contribution < -0.4 is 14.2 Å². The summed E-state index contributed by atoms with van der Waals surface area (Å²) in [4.78, 5) is 26.7. The van der Waals surface area contributed by atoms with Crippen LogP contribution in [0.25, 0.3) is 21.5 Å². The van der Waals surface area contributed by atoms with Crippen LogP contribution in [0.15, 0.2) is 66.7 Å². The minimum Gasteiger partial charge on any atom is -0.493 e. The Balaban J connectivity index is 1.60. The van der Waals surface area contributed by atoms with Crippen molar-refractivity contribution in [2.24, 2.45) is 0 Å². The molecule has 0 bridgehead atoms. The molecule has 0 aromatic heterocycles. The van der Waals surface area contributed by atoms with Crippen molar-refractivity contribution in [1.29, 1.82) is 0 Å². The number of carbonyl (C=O) groups excluding carboxylic acids is 2. The zero-order chi connectivity index (χ0) is 25.9. The van der Waals surface area contributed by atoms with Crippen LogP contribution in [-0.2, 0) is 27.5 Å². The first-order valence-corrected chi connectivity index (χ1v) is 12.2. The van der Waals surface area contributed by atoms with Gasteiger partial charge in [0.1, 0.15) is 18.4 Å². The Labute approximate surface area is 215 Å². The van der Waals surface area contributed by atoms with Gasteiger partial charge in [0, 0.05) is 13.0 Å². The number of benzene rings is 4. The number of esters is 1. The molecule has 5 rings (SSSR count). The molecule has 0 radical (unpaired) electrons. The smallest absolute Gasteiger partial charge is 0.328 e.